The van der Waals surface area contributed by atoms with Crippen LogP contribution >= 0.6 is 0 Å². The third-order valence-electron chi connectivity index (χ3n) is 4.99. The molecule has 0 saturated carbocycles. The van der Waals surface area contributed by atoms with Gasteiger partial charge < -0.3 is 14.0 Å². The molecule has 6 heteroatoms. The van der Waals surface area contributed by atoms with Gasteiger partial charge in [0.1, 0.15) is 0 Å². The summed E-state index contributed by atoms with van der Waals surface area (Å²) in [6.07, 6.45) is 1.79. The van der Waals surface area contributed by atoms with Gasteiger partial charge in [-0.3, -0.25) is 4.79 Å². The predicted octanol–water partition coefficient (Wildman–Crippen LogP) is 3.31. The summed E-state index contributed by atoms with van der Waals surface area (Å²) in [5, 5.41) is 4.11. The van der Waals surface area contributed by atoms with Crippen LogP contribution in [-0.4, -0.2) is 35.7 Å². The Bertz CT molecular complexity index is 877. The van der Waals surface area contributed by atoms with E-state index in [1.54, 1.807) is 13.1 Å². The van der Waals surface area contributed by atoms with Crippen molar-refractivity contribution in [2.45, 2.75) is 46.8 Å². The summed E-state index contributed by atoms with van der Waals surface area (Å²) in [7, 11) is 0. The molecule has 27 heavy (non-hydrogen) atoms. The Hall–Kier alpha value is -2.44. The molecule has 1 aliphatic heterocycles. The fourth-order valence-corrected chi connectivity index (χ4v) is 3.34. The molecule has 2 heterocycles. The maximum Gasteiger partial charge on any atom is 0.245 e. The Labute approximate surface area is 160 Å². The van der Waals surface area contributed by atoms with Crippen LogP contribution in [0, 0.1) is 27.7 Å². The molecule has 1 N–H and O–H groups in total. The van der Waals surface area contributed by atoms with E-state index in [0.717, 1.165) is 22.6 Å². The summed E-state index contributed by atoms with van der Waals surface area (Å²) in [6, 6.07) is 8.49. The molecular formula is C21H27N3O3. The van der Waals surface area contributed by atoms with E-state index in [1.807, 2.05) is 6.92 Å². The number of nitrogens with one attached hydrogen (secondary N) is 1. The van der Waals surface area contributed by atoms with Gasteiger partial charge in [0.05, 0.1) is 25.8 Å². The summed E-state index contributed by atoms with van der Waals surface area (Å²) >= 11 is 0. The van der Waals surface area contributed by atoms with Crippen molar-refractivity contribution in [2.75, 3.05) is 13.2 Å². The monoisotopic (exact) mass is 369 g/mol. The van der Waals surface area contributed by atoms with E-state index in [-0.39, 0.29) is 12.3 Å². The SMILES string of the molecule is Cc1ccc(-n2c(C)cc(/C=N\NC(=O)CC3(C)OCCO3)c2C)cc1C. The number of aromatic nitrogens is 1. The van der Waals surface area contributed by atoms with Crippen LogP contribution in [0.15, 0.2) is 29.4 Å². The summed E-state index contributed by atoms with van der Waals surface area (Å²) in [6.45, 7) is 11.1. The molecule has 1 aromatic carbocycles. The highest BCUT2D eigenvalue weighted by Crippen LogP contribution is 2.23. The normalized spacial score (nSPS) is 16.2. The van der Waals surface area contributed by atoms with Gasteiger partial charge in [-0.15, -0.1) is 0 Å². The maximum atomic E-state index is 12.1. The fourth-order valence-electron chi connectivity index (χ4n) is 3.34. The number of benzene rings is 1. The number of aryl methyl sites for hydroxylation is 3. The van der Waals surface area contributed by atoms with Crippen LogP contribution in [0.3, 0.4) is 0 Å². The van der Waals surface area contributed by atoms with Crippen molar-refractivity contribution in [3.63, 3.8) is 0 Å². The van der Waals surface area contributed by atoms with Crippen LogP contribution in [0.5, 0.6) is 0 Å². The van der Waals surface area contributed by atoms with E-state index in [4.69, 9.17) is 9.47 Å². The van der Waals surface area contributed by atoms with Crippen LogP contribution in [0.4, 0.5) is 0 Å². The van der Waals surface area contributed by atoms with Gasteiger partial charge >= 0.3 is 0 Å². The van der Waals surface area contributed by atoms with Gasteiger partial charge in [-0.2, -0.15) is 5.10 Å². The highest BCUT2D eigenvalue weighted by atomic mass is 16.7. The van der Waals surface area contributed by atoms with Gasteiger partial charge in [0.25, 0.3) is 0 Å². The number of hydrogen-bond acceptors (Lipinski definition) is 4. The molecule has 144 valence electrons. The molecule has 6 nitrogen and oxygen atoms in total. The molecule has 1 amide bonds. The summed E-state index contributed by atoms with van der Waals surface area (Å²) in [5.41, 5.74) is 9.36. The first-order valence-corrected chi connectivity index (χ1v) is 9.15. The average Bonchev–Trinajstić information content (AvgIpc) is 3.14. The second-order valence-electron chi connectivity index (χ2n) is 7.23. The first-order valence-electron chi connectivity index (χ1n) is 9.15. The molecule has 0 aliphatic carbocycles. The zero-order valence-corrected chi connectivity index (χ0v) is 16.6. The fraction of sp³-hybridized carbons (Fsp3) is 0.429. The van der Waals surface area contributed by atoms with Gasteiger partial charge in [-0.05, 0) is 63.9 Å². The van der Waals surface area contributed by atoms with Crippen molar-refractivity contribution in [3.05, 3.63) is 52.3 Å². The van der Waals surface area contributed by atoms with Crippen molar-refractivity contribution in [1.29, 1.82) is 0 Å². The standard InChI is InChI=1S/C21H27N3O3/c1-14-6-7-19(10-15(14)2)24-16(3)11-18(17(24)4)13-22-23-20(25)12-21(5)26-8-9-27-21/h6-7,10-11,13H,8-9,12H2,1-5H3,(H,23,25)/b22-13-. The largest absolute Gasteiger partial charge is 0.347 e. The lowest BCUT2D eigenvalue weighted by atomic mass is 10.1. The molecule has 1 fully saturated rings. The maximum absolute atomic E-state index is 12.1. The number of carbonyl (C=O) groups excluding carboxylic acids is 1. The molecule has 2 aromatic rings. The smallest absolute Gasteiger partial charge is 0.245 e. The Morgan fingerprint density at radius 3 is 2.56 bits per heavy atom. The number of amides is 1. The molecule has 0 bridgehead atoms. The molecule has 1 aromatic heterocycles. The molecule has 1 saturated heterocycles. The number of carbonyl (C=O) groups is 1. The first-order chi connectivity index (χ1) is 12.8. The number of ether oxygens (including phenoxy) is 2. The Kier molecular flexibility index (Phi) is 5.48. The van der Waals surface area contributed by atoms with Crippen molar-refractivity contribution in [2.24, 2.45) is 5.10 Å². The lowest BCUT2D eigenvalue weighted by Gasteiger charge is -2.20. The van der Waals surface area contributed by atoms with Gasteiger partial charge in [0.15, 0.2) is 5.79 Å². The van der Waals surface area contributed by atoms with E-state index in [0.29, 0.717) is 13.2 Å². The van der Waals surface area contributed by atoms with Crippen LogP contribution in [0.2, 0.25) is 0 Å². The number of rotatable bonds is 5. The molecular weight excluding hydrogens is 342 g/mol. The lowest BCUT2D eigenvalue weighted by molar-refractivity contribution is -0.159. The van der Waals surface area contributed by atoms with Crippen molar-refractivity contribution < 1.29 is 14.3 Å². The van der Waals surface area contributed by atoms with E-state index in [1.165, 1.54) is 11.1 Å². The highest BCUT2D eigenvalue weighted by molar-refractivity contribution is 5.84. The lowest BCUT2D eigenvalue weighted by Crippen LogP contribution is -2.33. The van der Waals surface area contributed by atoms with Crippen molar-refractivity contribution in [1.82, 2.24) is 9.99 Å². The average molecular weight is 369 g/mol. The van der Waals surface area contributed by atoms with E-state index in [9.17, 15) is 4.79 Å². The Balaban J connectivity index is 1.71. The molecule has 0 radical (unpaired) electrons. The topological polar surface area (TPSA) is 64.9 Å². The Morgan fingerprint density at radius 1 is 1.19 bits per heavy atom. The third kappa shape index (κ3) is 4.28. The Morgan fingerprint density at radius 2 is 1.89 bits per heavy atom. The van der Waals surface area contributed by atoms with Crippen molar-refractivity contribution in [3.8, 4) is 5.69 Å². The second kappa shape index (κ2) is 7.66. The molecule has 3 rings (SSSR count). The quantitative estimate of drug-likeness (QED) is 0.650. The van der Waals surface area contributed by atoms with Gasteiger partial charge in [-0.1, -0.05) is 6.07 Å². The number of nitrogens with zero attached hydrogens (tertiary/aromatic N) is 2. The molecule has 0 atom stereocenters. The zero-order valence-electron chi connectivity index (χ0n) is 16.6. The highest BCUT2D eigenvalue weighted by Gasteiger charge is 2.33. The van der Waals surface area contributed by atoms with Gasteiger partial charge in [0, 0.05) is 22.6 Å². The van der Waals surface area contributed by atoms with Crippen LogP contribution in [0.1, 0.15) is 41.4 Å². The minimum absolute atomic E-state index is 0.117. The molecule has 1 aliphatic rings. The first kappa shape index (κ1) is 19.3. The predicted molar refractivity (Wildman–Crippen MR) is 105 cm³/mol. The van der Waals surface area contributed by atoms with Crippen LogP contribution < -0.4 is 5.43 Å². The number of hydrogen-bond donors (Lipinski definition) is 1. The minimum Gasteiger partial charge on any atom is -0.347 e. The minimum atomic E-state index is -0.848. The van der Waals surface area contributed by atoms with Crippen molar-refractivity contribution >= 4 is 12.1 Å². The summed E-state index contributed by atoms with van der Waals surface area (Å²) in [4.78, 5) is 12.1. The van der Waals surface area contributed by atoms with Crippen LogP contribution in [-0.2, 0) is 14.3 Å². The summed E-state index contributed by atoms with van der Waals surface area (Å²) < 4.78 is 13.1. The number of hydrazone groups is 1. The zero-order chi connectivity index (χ0) is 19.6. The van der Waals surface area contributed by atoms with E-state index in [2.05, 4.69) is 60.1 Å². The van der Waals surface area contributed by atoms with E-state index >= 15 is 0 Å². The second-order valence-corrected chi connectivity index (χ2v) is 7.23. The summed E-state index contributed by atoms with van der Waals surface area (Å²) in [5.74, 6) is -1.09. The van der Waals surface area contributed by atoms with Gasteiger partial charge in [-0.25, -0.2) is 5.43 Å². The third-order valence-corrected chi connectivity index (χ3v) is 4.99. The molecule has 0 unspecified atom stereocenters. The van der Waals surface area contributed by atoms with Gasteiger partial charge in [0.2, 0.25) is 5.91 Å². The molecule has 0 spiro atoms. The van der Waals surface area contributed by atoms with Crippen LogP contribution in [0.25, 0.3) is 5.69 Å². The van der Waals surface area contributed by atoms with E-state index < -0.39 is 5.79 Å².